The minimum Gasteiger partial charge on any atom is -0.315 e. The topological polar surface area (TPSA) is 15.3 Å². The molecule has 0 aromatic rings. The lowest BCUT2D eigenvalue weighted by Gasteiger charge is -2.20. The summed E-state index contributed by atoms with van der Waals surface area (Å²) in [5.74, 6) is 0. The summed E-state index contributed by atoms with van der Waals surface area (Å²) in [6.45, 7) is 11.3. The maximum atomic E-state index is 3.44. The summed E-state index contributed by atoms with van der Waals surface area (Å²) >= 11 is 0. The Morgan fingerprint density at radius 3 is 2.14 bits per heavy atom. The van der Waals surface area contributed by atoms with Gasteiger partial charge in [-0.25, -0.2) is 0 Å². The lowest BCUT2D eigenvalue weighted by atomic mass is 10.2. The van der Waals surface area contributed by atoms with Gasteiger partial charge in [0, 0.05) is 12.1 Å². The molecule has 0 amide bonds. The molecule has 0 atom stereocenters. The second kappa shape index (κ2) is 8.25. The third-order valence-electron chi connectivity index (χ3n) is 2.62. The Morgan fingerprint density at radius 1 is 1.00 bits per heavy atom. The van der Waals surface area contributed by atoms with Crippen molar-refractivity contribution in [1.29, 1.82) is 0 Å². The van der Waals surface area contributed by atoms with Crippen molar-refractivity contribution >= 4 is 0 Å². The zero-order valence-corrected chi connectivity index (χ0v) is 10.6. The normalized spacial score (nSPS) is 12.0. The van der Waals surface area contributed by atoms with Crippen LogP contribution in [-0.2, 0) is 0 Å². The Morgan fingerprint density at radius 2 is 1.64 bits per heavy atom. The van der Waals surface area contributed by atoms with E-state index in [1.54, 1.807) is 0 Å². The molecule has 0 radical (unpaired) electrons. The average molecular weight is 200 g/mol. The summed E-state index contributed by atoms with van der Waals surface area (Å²) in [6, 6.07) is 1.32. The van der Waals surface area contributed by atoms with E-state index in [1.165, 1.54) is 32.4 Å². The fourth-order valence-corrected chi connectivity index (χ4v) is 1.31. The summed E-state index contributed by atoms with van der Waals surface area (Å²) in [5, 5.41) is 3.44. The highest BCUT2D eigenvalue weighted by molar-refractivity contribution is 4.58. The van der Waals surface area contributed by atoms with E-state index in [1.807, 2.05) is 0 Å². The molecule has 0 spiro atoms. The zero-order chi connectivity index (χ0) is 11.0. The van der Waals surface area contributed by atoms with E-state index in [9.17, 15) is 0 Å². The van der Waals surface area contributed by atoms with Crippen LogP contribution in [0.5, 0.6) is 0 Å². The lowest BCUT2D eigenvalue weighted by molar-refractivity contribution is 0.267. The van der Waals surface area contributed by atoms with Crippen molar-refractivity contribution in [1.82, 2.24) is 10.2 Å². The van der Waals surface area contributed by atoms with Crippen LogP contribution >= 0.6 is 0 Å². The first kappa shape index (κ1) is 13.9. The molecule has 1 N–H and O–H groups in total. The van der Waals surface area contributed by atoms with E-state index in [0.717, 1.165) is 0 Å². The van der Waals surface area contributed by atoms with Gasteiger partial charge in [0.05, 0.1) is 0 Å². The van der Waals surface area contributed by atoms with Gasteiger partial charge in [-0.3, -0.25) is 0 Å². The minimum atomic E-state index is 0.633. The summed E-state index contributed by atoms with van der Waals surface area (Å²) in [6.07, 6.45) is 3.98. The molecule has 0 saturated carbocycles. The molecule has 0 heterocycles. The fourth-order valence-electron chi connectivity index (χ4n) is 1.31. The average Bonchev–Trinajstić information content (AvgIpc) is 2.09. The Labute approximate surface area is 90.1 Å². The molecule has 86 valence electrons. The van der Waals surface area contributed by atoms with Gasteiger partial charge < -0.3 is 10.2 Å². The van der Waals surface area contributed by atoms with Crippen molar-refractivity contribution in [3.63, 3.8) is 0 Å². The summed E-state index contributed by atoms with van der Waals surface area (Å²) in [7, 11) is 2.21. The van der Waals surface area contributed by atoms with Crippen LogP contribution in [0.15, 0.2) is 0 Å². The van der Waals surface area contributed by atoms with E-state index in [2.05, 4.69) is 45.0 Å². The second-order valence-electron chi connectivity index (χ2n) is 4.74. The number of rotatable bonds is 8. The number of unbranched alkanes of at least 4 members (excludes halogenated alkanes) is 2. The Kier molecular flexibility index (Phi) is 8.20. The first-order valence-corrected chi connectivity index (χ1v) is 5.97. The highest BCUT2D eigenvalue weighted by atomic mass is 15.1. The van der Waals surface area contributed by atoms with Crippen molar-refractivity contribution in [2.45, 2.75) is 59.0 Å². The molecule has 14 heavy (non-hydrogen) atoms. The largest absolute Gasteiger partial charge is 0.315 e. The molecule has 0 aliphatic carbocycles. The van der Waals surface area contributed by atoms with E-state index in [0.29, 0.717) is 12.1 Å². The predicted molar refractivity (Wildman–Crippen MR) is 64.8 cm³/mol. The Bertz CT molecular complexity index is 121. The molecule has 0 unspecified atom stereocenters. The highest BCUT2D eigenvalue weighted by Gasteiger charge is 2.01. The number of hydrogen-bond acceptors (Lipinski definition) is 2. The molecule has 0 aromatic heterocycles. The zero-order valence-electron chi connectivity index (χ0n) is 10.6. The summed E-state index contributed by atoms with van der Waals surface area (Å²) < 4.78 is 0. The highest BCUT2D eigenvalue weighted by Crippen LogP contribution is 2.00. The van der Waals surface area contributed by atoms with E-state index >= 15 is 0 Å². The molecule has 0 bridgehead atoms. The monoisotopic (exact) mass is 200 g/mol. The van der Waals surface area contributed by atoms with Crippen molar-refractivity contribution in [3.05, 3.63) is 0 Å². The molecule has 0 aromatic carbocycles. The van der Waals surface area contributed by atoms with E-state index in [-0.39, 0.29) is 0 Å². The lowest BCUT2D eigenvalue weighted by Crippen LogP contribution is -2.27. The van der Waals surface area contributed by atoms with Gasteiger partial charge >= 0.3 is 0 Å². The van der Waals surface area contributed by atoms with Gasteiger partial charge in [-0.15, -0.1) is 0 Å². The maximum Gasteiger partial charge on any atom is 0.00355 e. The number of hydrogen-bond donors (Lipinski definition) is 1. The molecule has 2 heteroatoms. The second-order valence-corrected chi connectivity index (χ2v) is 4.74. The van der Waals surface area contributed by atoms with Gasteiger partial charge in [-0.2, -0.15) is 0 Å². The van der Waals surface area contributed by atoms with Gasteiger partial charge in [0.15, 0.2) is 0 Å². The van der Waals surface area contributed by atoms with Gasteiger partial charge in [-0.1, -0.05) is 20.3 Å². The third kappa shape index (κ3) is 8.52. The number of nitrogens with zero attached hydrogens (tertiary/aromatic N) is 1. The minimum absolute atomic E-state index is 0.633. The molecule has 0 fully saturated rings. The van der Waals surface area contributed by atoms with Gasteiger partial charge in [0.25, 0.3) is 0 Å². The van der Waals surface area contributed by atoms with Gasteiger partial charge in [0.1, 0.15) is 0 Å². The molecule has 0 aliphatic rings. The van der Waals surface area contributed by atoms with Crippen molar-refractivity contribution < 1.29 is 0 Å². The van der Waals surface area contributed by atoms with Gasteiger partial charge in [-0.05, 0) is 46.8 Å². The van der Waals surface area contributed by atoms with E-state index < -0.39 is 0 Å². The first-order chi connectivity index (χ1) is 6.54. The van der Waals surface area contributed by atoms with Crippen LogP contribution in [0.3, 0.4) is 0 Å². The van der Waals surface area contributed by atoms with Gasteiger partial charge in [0.2, 0.25) is 0 Å². The maximum absolute atomic E-state index is 3.44. The molecular formula is C12H28N2. The van der Waals surface area contributed by atoms with Crippen LogP contribution in [0.25, 0.3) is 0 Å². The van der Waals surface area contributed by atoms with Crippen LogP contribution in [0.1, 0.15) is 47.0 Å². The SMILES string of the molecule is CC(C)NCCCCCN(C)C(C)C. The predicted octanol–water partition coefficient (Wildman–Crippen LogP) is 2.49. The Balaban J connectivity index is 3.13. The quantitative estimate of drug-likeness (QED) is 0.606. The smallest absolute Gasteiger partial charge is 0.00355 e. The summed E-state index contributed by atoms with van der Waals surface area (Å²) in [4.78, 5) is 2.41. The van der Waals surface area contributed by atoms with Crippen molar-refractivity contribution in [2.24, 2.45) is 0 Å². The number of nitrogens with one attached hydrogen (secondary N) is 1. The fraction of sp³-hybridized carbons (Fsp3) is 1.00. The molecule has 2 nitrogen and oxygen atoms in total. The Hall–Kier alpha value is -0.0800. The van der Waals surface area contributed by atoms with Crippen molar-refractivity contribution in [3.8, 4) is 0 Å². The standard InChI is InChI=1S/C12H28N2/c1-11(2)13-9-7-6-8-10-14(5)12(3)4/h11-13H,6-10H2,1-5H3. The van der Waals surface area contributed by atoms with Crippen LogP contribution < -0.4 is 5.32 Å². The molecular weight excluding hydrogens is 172 g/mol. The third-order valence-corrected chi connectivity index (χ3v) is 2.62. The molecule has 0 rings (SSSR count). The van der Waals surface area contributed by atoms with E-state index in [4.69, 9.17) is 0 Å². The van der Waals surface area contributed by atoms with Crippen molar-refractivity contribution in [2.75, 3.05) is 20.1 Å². The summed E-state index contributed by atoms with van der Waals surface area (Å²) in [5.41, 5.74) is 0. The van der Waals surface area contributed by atoms with Crippen LogP contribution in [0.2, 0.25) is 0 Å². The van der Waals surface area contributed by atoms with Crippen LogP contribution in [0.4, 0.5) is 0 Å². The first-order valence-electron chi connectivity index (χ1n) is 5.97. The molecule has 0 aliphatic heterocycles. The molecule has 0 saturated heterocycles. The van der Waals surface area contributed by atoms with Crippen LogP contribution in [0, 0.1) is 0 Å². The van der Waals surface area contributed by atoms with Crippen LogP contribution in [-0.4, -0.2) is 37.1 Å².